The number of allylic oxidation sites excluding steroid dienone is 1. The normalized spacial score (nSPS) is 19.7. The monoisotopic (exact) mass is 126 g/mol. The zero-order valence-electron chi connectivity index (χ0n) is 5.26. The van der Waals surface area contributed by atoms with Crippen molar-refractivity contribution in [2.75, 3.05) is 6.61 Å². The van der Waals surface area contributed by atoms with Crippen LogP contribution in [0.3, 0.4) is 0 Å². The van der Waals surface area contributed by atoms with Crippen LogP contribution in [-0.2, 0) is 4.79 Å². The van der Waals surface area contributed by atoms with Crippen LogP contribution in [0.15, 0.2) is 11.6 Å². The van der Waals surface area contributed by atoms with E-state index in [2.05, 4.69) is 0 Å². The average Bonchev–Trinajstić information content (AvgIpc) is 1.88. The second-order valence-corrected chi connectivity index (χ2v) is 2.28. The molecule has 1 rings (SSSR count). The number of ketones is 1. The van der Waals surface area contributed by atoms with Crippen molar-refractivity contribution < 1.29 is 9.90 Å². The van der Waals surface area contributed by atoms with E-state index >= 15 is 0 Å². The second kappa shape index (κ2) is 2.78. The summed E-state index contributed by atoms with van der Waals surface area (Å²) in [5.41, 5.74) is 0.881. The summed E-state index contributed by atoms with van der Waals surface area (Å²) >= 11 is 0. The number of carbonyl (C=O) groups excluding carboxylic acids is 1. The lowest BCUT2D eigenvalue weighted by molar-refractivity contribution is -0.115. The highest BCUT2D eigenvalue weighted by molar-refractivity contribution is 5.91. The predicted molar refractivity (Wildman–Crippen MR) is 34.0 cm³/mol. The fourth-order valence-corrected chi connectivity index (χ4v) is 0.986. The van der Waals surface area contributed by atoms with Gasteiger partial charge in [0.2, 0.25) is 0 Å². The Kier molecular flexibility index (Phi) is 2.01. The van der Waals surface area contributed by atoms with Gasteiger partial charge < -0.3 is 5.11 Å². The van der Waals surface area contributed by atoms with E-state index in [1.807, 2.05) is 0 Å². The topological polar surface area (TPSA) is 37.3 Å². The third kappa shape index (κ3) is 1.64. The molecule has 0 bridgehead atoms. The summed E-state index contributed by atoms with van der Waals surface area (Å²) in [5, 5.41) is 8.59. The lowest BCUT2D eigenvalue weighted by Crippen LogP contribution is -2.04. The molecule has 0 unspecified atom stereocenters. The molecule has 0 radical (unpaired) electrons. The van der Waals surface area contributed by atoms with Crippen LogP contribution in [0.4, 0.5) is 0 Å². The lowest BCUT2D eigenvalue weighted by Gasteiger charge is -2.07. The van der Waals surface area contributed by atoms with Gasteiger partial charge in [-0.15, -0.1) is 0 Å². The van der Waals surface area contributed by atoms with E-state index in [1.54, 1.807) is 6.08 Å². The van der Waals surface area contributed by atoms with Crippen molar-refractivity contribution in [3.8, 4) is 0 Å². The molecule has 0 atom stereocenters. The Morgan fingerprint density at radius 2 is 2.33 bits per heavy atom. The largest absolute Gasteiger partial charge is 0.392 e. The minimum Gasteiger partial charge on any atom is -0.392 e. The Morgan fingerprint density at radius 3 is 2.78 bits per heavy atom. The quantitative estimate of drug-likeness (QED) is 0.560. The molecule has 0 saturated carbocycles. The highest BCUT2D eigenvalue weighted by Crippen LogP contribution is 2.13. The number of rotatable bonds is 1. The van der Waals surface area contributed by atoms with Crippen LogP contribution in [0.5, 0.6) is 0 Å². The van der Waals surface area contributed by atoms with Gasteiger partial charge in [0.25, 0.3) is 0 Å². The van der Waals surface area contributed by atoms with Crippen LogP contribution >= 0.6 is 0 Å². The van der Waals surface area contributed by atoms with Gasteiger partial charge in [-0.3, -0.25) is 4.79 Å². The van der Waals surface area contributed by atoms with Gasteiger partial charge in [-0.2, -0.15) is 0 Å². The minimum atomic E-state index is 0.0474. The molecule has 0 heterocycles. The van der Waals surface area contributed by atoms with E-state index in [0.717, 1.165) is 18.4 Å². The van der Waals surface area contributed by atoms with Crippen molar-refractivity contribution in [1.29, 1.82) is 0 Å². The Bertz CT molecular complexity index is 147. The van der Waals surface area contributed by atoms with E-state index in [-0.39, 0.29) is 12.4 Å². The van der Waals surface area contributed by atoms with Crippen LogP contribution in [0.1, 0.15) is 19.3 Å². The van der Waals surface area contributed by atoms with Crippen molar-refractivity contribution in [2.45, 2.75) is 19.3 Å². The fourth-order valence-electron chi connectivity index (χ4n) is 0.986. The van der Waals surface area contributed by atoms with E-state index in [9.17, 15) is 4.79 Å². The Morgan fingerprint density at radius 1 is 1.56 bits per heavy atom. The summed E-state index contributed by atoms with van der Waals surface area (Å²) in [6, 6.07) is 0. The first kappa shape index (κ1) is 6.49. The molecule has 0 saturated heterocycles. The van der Waals surface area contributed by atoms with Crippen molar-refractivity contribution in [2.24, 2.45) is 0 Å². The van der Waals surface area contributed by atoms with Gasteiger partial charge in [-0.25, -0.2) is 0 Å². The lowest BCUT2D eigenvalue weighted by atomic mass is 9.99. The minimum absolute atomic E-state index is 0.0474. The Balaban J connectivity index is 2.59. The third-order valence-electron chi connectivity index (χ3n) is 1.49. The first-order chi connectivity index (χ1) is 4.33. The average molecular weight is 126 g/mol. The van der Waals surface area contributed by atoms with Crippen molar-refractivity contribution in [3.63, 3.8) is 0 Å². The number of hydrogen-bond acceptors (Lipinski definition) is 2. The number of aliphatic hydroxyl groups excluding tert-OH is 1. The molecular weight excluding hydrogens is 116 g/mol. The molecule has 1 aliphatic carbocycles. The molecular formula is C7H10O2. The maximum absolute atomic E-state index is 10.6. The summed E-state index contributed by atoms with van der Waals surface area (Å²) in [7, 11) is 0. The zero-order valence-corrected chi connectivity index (χ0v) is 5.26. The molecule has 2 heteroatoms. The van der Waals surface area contributed by atoms with E-state index < -0.39 is 0 Å². The summed E-state index contributed by atoms with van der Waals surface area (Å²) in [6.07, 6.45) is 4.01. The molecule has 0 aromatic carbocycles. The molecule has 1 N–H and O–H groups in total. The Labute approximate surface area is 54.2 Å². The first-order valence-corrected chi connectivity index (χ1v) is 3.16. The maximum atomic E-state index is 10.6. The van der Waals surface area contributed by atoms with Crippen molar-refractivity contribution in [3.05, 3.63) is 11.6 Å². The summed E-state index contributed by atoms with van der Waals surface area (Å²) in [5.74, 6) is 0.158. The number of carbonyl (C=O) groups is 1. The second-order valence-electron chi connectivity index (χ2n) is 2.28. The molecule has 0 aromatic rings. The summed E-state index contributed by atoms with van der Waals surface area (Å²) in [4.78, 5) is 10.6. The molecule has 2 nitrogen and oxygen atoms in total. The van der Waals surface area contributed by atoms with Gasteiger partial charge in [-0.1, -0.05) is 0 Å². The van der Waals surface area contributed by atoms with Gasteiger partial charge in [-0.05, 0) is 24.5 Å². The standard InChI is InChI=1S/C7H10O2/c8-5-6-2-1-3-7(9)4-6/h4,8H,1-3,5H2. The Hall–Kier alpha value is -0.630. The van der Waals surface area contributed by atoms with E-state index in [1.165, 1.54) is 0 Å². The number of aliphatic hydroxyl groups is 1. The molecule has 0 fully saturated rings. The highest BCUT2D eigenvalue weighted by atomic mass is 16.3. The molecule has 0 spiro atoms. The summed E-state index contributed by atoms with van der Waals surface area (Å²) < 4.78 is 0. The smallest absolute Gasteiger partial charge is 0.155 e. The van der Waals surface area contributed by atoms with Crippen LogP contribution in [-0.4, -0.2) is 17.5 Å². The molecule has 0 aromatic heterocycles. The first-order valence-electron chi connectivity index (χ1n) is 3.16. The molecule has 9 heavy (non-hydrogen) atoms. The zero-order chi connectivity index (χ0) is 6.69. The van der Waals surface area contributed by atoms with Gasteiger partial charge in [0.1, 0.15) is 0 Å². The van der Waals surface area contributed by atoms with Crippen molar-refractivity contribution >= 4 is 5.78 Å². The van der Waals surface area contributed by atoms with Gasteiger partial charge in [0, 0.05) is 6.42 Å². The molecule has 0 amide bonds. The highest BCUT2D eigenvalue weighted by Gasteiger charge is 2.07. The SMILES string of the molecule is O=C1C=C(CO)CCC1. The van der Waals surface area contributed by atoms with Gasteiger partial charge in [0.15, 0.2) is 5.78 Å². The molecule has 0 aliphatic heterocycles. The van der Waals surface area contributed by atoms with Crippen LogP contribution in [0.2, 0.25) is 0 Å². The molecule has 50 valence electrons. The third-order valence-corrected chi connectivity index (χ3v) is 1.49. The summed E-state index contributed by atoms with van der Waals surface area (Å²) in [6.45, 7) is 0.0474. The van der Waals surface area contributed by atoms with Gasteiger partial charge in [0.05, 0.1) is 6.61 Å². The van der Waals surface area contributed by atoms with Crippen LogP contribution in [0, 0.1) is 0 Å². The number of hydrogen-bond donors (Lipinski definition) is 1. The van der Waals surface area contributed by atoms with E-state index in [0.29, 0.717) is 6.42 Å². The van der Waals surface area contributed by atoms with Crippen molar-refractivity contribution in [1.82, 2.24) is 0 Å². The van der Waals surface area contributed by atoms with Crippen LogP contribution < -0.4 is 0 Å². The van der Waals surface area contributed by atoms with Gasteiger partial charge >= 0.3 is 0 Å². The van der Waals surface area contributed by atoms with Crippen LogP contribution in [0.25, 0.3) is 0 Å². The maximum Gasteiger partial charge on any atom is 0.155 e. The predicted octanol–water partition coefficient (Wildman–Crippen LogP) is 0.658. The fraction of sp³-hybridized carbons (Fsp3) is 0.571. The van der Waals surface area contributed by atoms with E-state index in [4.69, 9.17) is 5.11 Å². The molecule has 1 aliphatic rings.